The van der Waals surface area contributed by atoms with E-state index in [1.165, 1.54) is 0 Å². The van der Waals surface area contributed by atoms with Crippen LogP contribution in [0.1, 0.15) is 11.1 Å². The third-order valence-electron chi connectivity index (χ3n) is 2.87. The summed E-state index contributed by atoms with van der Waals surface area (Å²) >= 11 is 0. The molecule has 0 aliphatic rings. The minimum absolute atomic E-state index is 0.169. The lowest BCUT2D eigenvalue weighted by Crippen LogP contribution is -2.53. The van der Waals surface area contributed by atoms with Crippen LogP contribution in [0.3, 0.4) is 0 Å². The number of ether oxygens (including phenoxy) is 1. The minimum Gasteiger partial charge on any atom is -0.496 e. The standard InChI is InChI=1S/C13H10F6O4/c1-23-9-4-3-8(6-7(9)2-5-10(20)21)11(22,12(14,15)16)13(17,18)19/h2-6,22H,1H3,(H,20,21). The van der Waals surface area contributed by atoms with Crippen LogP contribution in [-0.2, 0) is 10.4 Å². The van der Waals surface area contributed by atoms with E-state index in [1.807, 2.05) is 0 Å². The molecule has 4 nitrogen and oxygen atoms in total. The average molecular weight is 344 g/mol. The van der Waals surface area contributed by atoms with Crippen LogP contribution in [0.4, 0.5) is 26.3 Å². The zero-order chi connectivity index (χ0) is 18.1. The molecule has 0 spiro atoms. The molecule has 0 aliphatic heterocycles. The molecule has 0 saturated heterocycles. The van der Waals surface area contributed by atoms with Crippen LogP contribution in [-0.4, -0.2) is 35.6 Å². The Bertz CT molecular complexity index is 604. The topological polar surface area (TPSA) is 66.8 Å². The first-order valence-corrected chi connectivity index (χ1v) is 5.80. The van der Waals surface area contributed by atoms with Crippen LogP contribution in [0.25, 0.3) is 6.08 Å². The maximum atomic E-state index is 12.8. The van der Waals surface area contributed by atoms with Crippen molar-refractivity contribution in [3.8, 4) is 5.75 Å². The van der Waals surface area contributed by atoms with E-state index >= 15 is 0 Å². The number of benzene rings is 1. The molecule has 0 heterocycles. The quantitative estimate of drug-likeness (QED) is 0.651. The zero-order valence-corrected chi connectivity index (χ0v) is 11.4. The monoisotopic (exact) mass is 344 g/mol. The van der Waals surface area contributed by atoms with Crippen molar-refractivity contribution in [2.45, 2.75) is 18.0 Å². The number of carboxylic acid groups (broad SMARTS) is 1. The lowest BCUT2D eigenvalue weighted by atomic mass is 9.90. The summed E-state index contributed by atoms with van der Waals surface area (Å²) in [5.74, 6) is -1.64. The average Bonchev–Trinajstić information content (AvgIpc) is 2.41. The third kappa shape index (κ3) is 3.58. The number of aliphatic hydroxyl groups is 1. The van der Waals surface area contributed by atoms with Gasteiger partial charge in [-0.05, 0) is 18.2 Å². The molecule has 0 amide bonds. The Labute approximate surface area is 125 Å². The second-order valence-corrected chi connectivity index (χ2v) is 4.33. The van der Waals surface area contributed by atoms with Crippen LogP contribution in [0.15, 0.2) is 24.3 Å². The second-order valence-electron chi connectivity index (χ2n) is 4.33. The van der Waals surface area contributed by atoms with Crippen molar-refractivity contribution >= 4 is 12.0 Å². The highest BCUT2D eigenvalue weighted by atomic mass is 19.4. The van der Waals surface area contributed by atoms with Gasteiger partial charge < -0.3 is 14.9 Å². The first-order valence-electron chi connectivity index (χ1n) is 5.80. The summed E-state index contributed by atoms with van der Waals surface area (Å²) in [6.45, 7) is 0. The van der Waals surface area contributed by atoms with Gasteiger partial charge in [-0.3, -0.25) is 0 Å². The molecule has 0 aromatic heterocycles. The Morgan fingerprint density at radius 1 is 1.13 bits per heavy atom. The molecule has 23 heavy (non-hydrogen) atoms. The maximum absolute atomic E-state index is 12.8. The molecule has 0 atom stereocenters. The van der Waals surface area contributed by atoms with Crippen molar-refractivity contribution in [3.05, 3.63) is 35.4 Å². The normalized spacial score (nSPS) is 13.4. The molecule has 1 rings (SSSR count). The van der Waals surface area contributed by atoms with E-state index in [0.717, 1.165) is 19.3 Å². The number of alkyl halides is 6. The van der Waals surface area contributed by atoms with Gasteiger partial charge in [0, 0.05) is 17.2 Å². The molecule has 0 unspecified atom stereocenters. The van der Waals surface area contributed by atoms with Crippen molar-refractivity contribution in [3.63, 3.8) is 0 Å². The van der Waals surface area contributed by atoms with Gasteiger partial charge in [0.05, 0.1) is 7.11 Å². The van der Waals surface area contributed by atoms with Crippen LogP contribution in [0.2, 0.25) is 0 Å². The van der Waals surface area contributed by atoms with Gasteiger partial charge in [-0.15, -0.1) is 0 Å². The van der Waals surface area contributed by atoms with E-state index < -0.39 is 29.5 Å². The summed E-state index contributed by atoms with van der Waals surface area (Å²) in [4.78, 5) is 10.4. The minimum atomic E-state index is -6.03. The van der Waals surface area contributed by atoms with E-state index in [-0.39, 0.29) is 11.3 Å². The summed E-state index contributed by atoms with van der Waals surface area (Å²) < 4.78 is 81.5. The largest absolute Gasteiger partial charge is 0.496 e. The molecule has 0 aliphatic carbocycles. The Hall–Kier alpha value is -2.23. The fourth-order valence-electron chi connectivity index (χ4n) is 1.74. The number of hydrogen-bond donors (Lipinski definition) is 2. The summed E-state index contributed by atoms with van der Waals surface area (Å²) in [5.41, 5.74) is -6.99. The Morgan fingerprint density at radius 2 is 1.65 bits per heavy atom. The van der Waals surface area contributed by atoms with Crippen molar-refractivity contribution in [1.82, 2.24) is 0 Å². The van der Waals surface area contributed by atoms with Crippen LogP contribution >= 0.6 is 0 Å². The second kappa shape index (κ2) is 6.11. The molecule has 2 N–H and O–H groups in total. The predicted octanol–water partition coefficient (Wildman–Crippen LogP) is 3.11. The molecule has 0 bridgehead atoms. The maximum Gasteiger partial charge on any atom is 0.430 e. The number of carbonyl (C=O) groups is 1. The fourth-order valence-corrected chi connectivity index (χ4v) is 1.74. The molecular formula is C13H10F6O4. The highest BCUT2D eigenvalue weighted by Crippen LogP contribution is 2.50. The van der Waals surface area contributed by atoms with E-state index in [1.54, 1.807) is 0 Å². The van der Waals surface area contributed by atoms with Crippen molar-refractivity contribution in [1.29, 1.82) is 0 Å². The summed E-state index contributed by atoms with van der Waals surface area (Å²) in [7, 11) is 1.09. The predicted molar refractivity (Wildman–Crippen MR) is 65.7 cm³/mol. The van der Waals surface area contributed by atoms with Gasteiger partial charge >= 0.3 is 18.3 Å². The van der Waals surface area contributed by atoms with E-state index in [9.17, 15) is 36.2 Å². The summed E-state index contributed by atoms with van der Waals surface area (Å²) in [5, 5.41) is 17.8. The molecule has 128 valence electrons. The lowest BCUT2D eigenvalue weighted by Gasteiger charge is -2.33. The zero-order valence-electron chi connectivity index (χ0n) is 11.4. The molecule has 0 radical (unpaired) electrons. The molecule has 0 fully saturated rings. The SMILES string of the molecule is COc1ccc(C(O)(C(F)(F)F)C(F)(F)F)cc1C=CC(=O)O. The van der Waals surface area contributed by atoms with Crippen molar-refractivity contribution in [2.75, 3.05) is 7.11 Å². The molecule has 10 heteroatoms. The Balaban J connectivity index is 3.58. The van der Waals surface area contributed by atoms with E-state index in [2.05, 4.69) is 0 Å². The van der Waals surface area contributed by atoms with Gasteiger partial charge in [0.1, 0.15) is 5.75 Å². The molecule has 1 aromatic rings. The first-order chi connectivity index (χ1) is 10.3. The van der Waals surface area contributed by atoms with E-state index in [4.69, 9.17) is 9.84 Å². The molecular weight excluding hydrogens is 334 g/mol. The summed E-state index contributed by atoms with van der Waals surface area (Å²) in [6, 6.07) is 1.52. The summed E-state index contributed by atoms with van der Waals surface area (Å²) in [6.07, 6.45) is -10.8. The fraction of sp³-hybridized carbons (Fsp3) is 0.308. The van der Waals surface area contributed by atoms with E-state index in [0.29, 0.717) is 18.2 Å². The van der Waals surface area contributed by atoms with Gasteiger partial charge in [-0.1, -0.05) is 6.07 Å². The number of methoxy groups -OCH3 is 1. The Morgan fingerprint density at radius 3 is 2.04 bits per heavy atom. The molecule has 1 aromatic carbocycles. The number of halogens is 6. The van der Waals surface area contributed by atoms with Crippen molar-refractivity contribution < 1.29 is 46.1 Å². The number of aliphatic carboxylic acids is 1. The van der Waals surface area contributed by atoms with Gasteiger partial charge in [-0.25, -0.2) is 4.79 Å². The third-order valence-corrected chi connectivity index (χ3v) is 2.87. The van der Waals surface area contributed by atoms with Crippen molar-refractivity contribution in [2.24, 2.45) is 0 Å². The number of rotatable bonds is 4. The van der Waals surface area contributed by atoms with Gasteiger partial charge in [-0.2, -0.15) is 26.3 Å². The number of hydrogen-bond acceptors (Lipinski definition) is 3. The first kappa shape index (κ1) is 18.8. The van der Waals surface area contributed by atoms with Crippen LogP contribution < -0.4 is 4.74 Å². The highest BCUT2D eigenvalue weighted by Gasteiger charge is 2.71. The smallest absolute Gasteiger partial charge is 0.430 e. The van der Waals surface area contributed by atoms with Crippen LogP contribution in [0.5, 0.6) is 5.75 Å². The van der Waals surface area contributed by atoms with Gasteiger partial charge in [0.2, 0.25) is 0 Å². The van der Waals surface area contributed by atoms with Gasteiger partial charge in [0.25, 0.3) is 5.60 Å². The van der Waals surface area contributed by atoms with Gasteiger partial charge in [0.15, 0.2) is 0 Å². The number of carboxylic acids is 1. The Kier molecular flexibility index (Phi) is 5.00. The molecule has 0 saturated carbocycles. The van der Waals surface area contributed by atoms with Crippen LogP contribution in [0, 0.1) is 0 Å². The highest BCUT2D eigenvalue weighted by molar-refractivity contribution is 5.86. The lowest BCUT2D eigenvalue weighted by molar-refractivity contribution is -0.376.